The van der Waals surface area contributed by atoms with Crippen LogP contribution in [0.25, 0.3) is 17.1 Å². The molecule has 3 aromatic rings. The third kappa shape index (κ3) is 4.76. The van der Waals surface area contributed by atoms with E-state index >= 15 is 0 Å². The summed E-state index contributed by atoms with van der Waals surface area (Å²) in [4.78, 5) is 0. The Hall–Kier alpha value is -2.42. The SMILES string of the molecule is CCCCC(C)(C)c1nnc(-c2ccc(C)c(C)c2)n1-c1ccc(C(C)(C)C)cc1C. The van der Waals surface area contributed by atoms with Crippen LogP contribution < -0.4 is 0 Å². The van der Waals surface area contributed by atoms with Gasteiger partial charge in [0.2, 0.25) is 0 Å². The Morgan fingerprint density at radius 3 is 2.10 bits per heavy atom. The lowest BCUT2D eigenvalue weighted by Gasteiger charge is -2.26. The lowest BCUT2D eigenvalue weighted by molar-refractivity contribution is 0.425. The molecule has 0 bridgehead atoms. The van der Waals surface area contributed by atoms with Crippen LogP contribution in [0, 0.1) is 20.8 Å². The molecule has 3 rings (SSSR count). The van der Waals surface area contributed by atoms with Gasteiger partial charge in [-0.2, -0.15) is 0 Å². The number of hydrogen-bond donors (Lipinski definition) is 0. The number of benzene rings is 2. The summed E-state index contributed by atoms with van der Waals surface area (Å²) in [6.45, 7) is 20.2. The van der Waals surface area contributed by atoms with Crippen molar-refractivity contribution in [1.29, 1.82) is 0 Å². The molecule has 0 radical (unpaired) electrons. The summed E-state index contributed by atoms with van der Waals surface area (Å²) in [5, 5.41) is 9.50. The van der Waals surface area contributed by atoms with E-state index in [1.54, 1.807) is 0 Å². The molecule has 31 heavy (non-hydrogen) atoms. The minimum atomic E-state index is -0.0594. The number of hydrogen-bond acceptors (Lipinski definition) is 2. The zero-order valence-electron chi connectivity index (χ0n) is 20.9. The fourth-order valence-corrected chi connectivity index (χ4v) is 4.12. The van der Waals surface area contributed by atoms with Crippen LogP contribution in [0.4, 0.5) is 0 Å². The van der Waals surface area contributed by atoms with Gasteiger partial charge in [0.15, 0.2) is 5.82 Å². The molecule has 0 aliphatic carbocycles. The predicted octanol–water partition coefficient (Wildman–Crippen LogP) is 7.62. The fraction of sp³-hybridized carbons (Fsp3) is 0.500. The van der Waals surface area contributed by atoms with Gasteiger partial charge in [-0.25, -0.2) is 0 Å². The first-order chi connectivity index (χ1) is 14.5. The van der Waals surface area contributed by atoms with E-state index in [4.69, 9.17) is 10.2 Å². The first-order valence-corrected chi connectivity index (χ1v) is 11.6. The molecule has 0 unspecified atom stereocenters. The summed E-state index contributed by atoms with van der Waals surface area (Å²) in [6.07, 6.45) is 3.45. The van der Waals surface area contributed by atoms with E-state index in [1.807, 2.05) is 0 Å². The molecule has 0 spiro atoms. The van der Waals surface area contributed by atoms with Gasteiger partial charge in [-0.3, -0.25) is 4.57 Å². The largest absolute Gasteiger partial charge is 0.278 e. The normalized spacial score (nSPS) is 12.4. The summed E-state index contributed by atoms with van der Waals surface area (Å²) in [7, 11) is 0. The molecule has 2 aromatic carbocycles. The number of unbranched alkanes of at least 4 members (excludes halogenated alkanes) is 1. The van der Waals surface area contributed by atoms with Crippen LogP contribution in [-0.4, -0.2) is 14.8 Å². The summed E-state index contributed by atoms with van der Waals surface area (Å²) in [5.41, 5.74) is 7.53. The van der Waals surface area contributed by atoms with E-state index in [0.29, 0.717) is 0 Å². The van der Waals surface area contributed by atoms with E-state index in [2.05, 4.69) is 103 Å². The fourth-order valence-electron chi connectivity index (χ4n) is 4.12. The van der Waals surface area contributed by atoms with Crippen LogP contribution in [0.3, 0.4) is 0 Å². The molecule has 0 aliphatic heterocycles. The Labute approximate surface area is 188 Å². The van der Waals surface area contributed by atoms with Crippen molar-refractivity contribution >= 4 is 0 Å². The highest BCUT2D eigenvalue weighted by molar-refractivity contribution is 5.62. The van der Waals surface area contributed by atoms with Crippen molar-refractivity contribution in [1.82, 2.24) is 14.8 Å². The Balaban J connectivity index is 2.25. The third-order valence-corrected chi connectivity index (χ3v) is 6.49. The third-order valence-electron chi connectivity index (χ3n) is 6.49. The molecule has 0 aliphatic rings. The first-order valence-electron chi connectivity index (χ1n) is 11.6. The van der Waals surface area contributed by atoms with Gasteiger partial charge in [0.1, 0.15) is 5.82 Å². The highest BCUT2D eigenvalue weighted by Crippen LogP contribution is 2.35. The minimum Gasteiger partial charge on any atom is -0.278 e. The van der Waals surface area contributed by atoms with Crippen molar-refractivity contribution < 1.29 is 0 Å². The Morgan fingerprint density at radius 1 is 0.806 bits per heavy atom. The monoisotopic (exact) mass is 417 g/mol. The summed E-state index contributed by atoms with van der Waals surface area (Å²) in [6, 6.07) is 13.4. The molecular weight excluding hydrogens is 378 g/mol. The molecule has 0 N–H and O–H groups in total. The average molecular weight is 418 g/mol. The Kier molecular flexibility index (Phi) is 6.45. The quantitative estimate of drug-likeness (QED) is 0.413. The summed E-state index contributed by atoms with van der Waals surface area (Å²) >= 11 is 0. The van der Waals surface area contributed by atoms with Gasteiger partial charge >= 0.3 is 0 Å². The van der Waals surface area contributed by atoms with Crippen LogP contribution >= 0.6 is 0 Å². The second-order valence-corrected chi connectivity index (χ2v) is 10.7. The topological polar surface area (TPSA) is 30.7 Å². The zero-order chi connectivity index (χ0) is 23.0. The van der Waals surface area contributed by atoms with Crippen LogP contribution in [-0.2, 0) is 10.8 Å². The van der Waals surface area contributed by atoms with Gasteiger partial charge in [-0.15, -0.1) is 10.2 Å². The van der Waals surface area contributed by atoms with Gasteiger partial charge in [0.05, 0.1) is 5.69 Å². The van der Waals surface area contributed by atoms with E-state index in [1.165, 1.54) is 40.8 Å². The number of rotatable bonds is 6. The van der Waals surface area contributed by atoms with Crippen LogP contribution in [0.1, 0.15) is 88.9 Å². The van der Waals surface area contributed by atoms with Gasteiger partial charge in [0.25, 0.3) is 0 Å². The van der Waals surface area contributed by atoms with Gasteiger partial charge in [0, 0.05) is 11.0 Å². The molecule has 0 atom stereocenters. The molecule has 1 aromatic heterocycles. The summed E-state index contributed by atoms with van der Waals surface area (Å²) < 4.78 is 2.31. The van der Waals surface area contributed by atoms with Crippen LogP contribution in [0.15, 0.2) is 36.4 Å². The molecule has 0 saturated heterocycles. The first kappa shape index (κ1) is 23.2. The maximum Gasteiger partial charge on any atom is 0.168 e. The zero-order valence-corrected chi connectivity index (χ0v) is 20.9. The number of aromatic nitrogens is 3. The Morgan fingerprint density at radius 2 is 1.52 bits per heavy atom. The molecule has 3 heteroatoms. The molecular formula is C28H39N3. The minimum absolute atomic E-state index is 0.0594. The van der Waals surface area contributed by atoms with Crippen molar-refractivity contribution in [2.75, 3.05) is 0 Å². The smallest absolute Gasteiger partial charge is 0.168 e. The second-order valence-electron chi connectivity index (χ2n) is 10.7. The number of nitrogens with zero attached hydrogens (tertiary/aromatic N) is 3. The molecule has 3 nitrogen and oxygen atoms in total. The summed E-state index contributed by atoms with van der Waals surface area (Å²) in [5.74, 6) is 1.97. The number of aryl methyl sites for hydroxylation is 3. The van der Waals surface area contributed by atoms with E-state index in [9.17, 15) is 0 Å². The maximum absolute atomic E-state index is 4.77. The van der Waals surface area contributed by atoms with E-state index in [0.717, 1.165) is 23.6 Å². The standard InChI is InChI=1S/C28H39N3/c1-10-11-16-28(8,9)26-30-29-25(22-13-12-19(2)20(3)17-22)31(26)24-15-14-23(18-21(24)4)27(5,6)7/h12-15,17-18H,10-11,16H2,1-9H3. The van der Waals surface area contributed by atoms with Crippen LogP contribution in [0.5, 0.6) is 0 Å². The maximum atomic E-state index is 4.77. The molecule has 166 valence electrons. The van der Waals surface area contributed by atoms with Crippen molar-refractivity contribution in [3.8, 4) is 17.1 Å². The van der Waals surface area contributed by atoms with E-state index < -0.39 is 0 Å². The average Bonchev–Trinajstić information content (AvgIpc) is 3.13. The van der Waals surface area contributed by atoms with Gasteiger partial charge < -0.3 is 0 Å². The highest BCUT2D eigenvalue weighted by atomic mass is 15.3. The predicted molar refractivity (Wildman–Crippen MR) is 132 cm³/mol. The van der Waals surface area contributed by atoms with Crippen molar-refractivity contribution in [3.63, 3.8) is 0 Å². The molecule has 0 amide bonds. The van der Waals surface area contributed by atoms with Gasteiger partial charge in [-0.05, 0) is 67.0 Å². The van der Waals surface area contributed by atoms with Crippen molar-refractivity contribution in [2.45, 2.75) is 92.4 Å². The van der Waals surface area contributed by atoms with E-state index in [-0.39, 0.29) is 10.8 Å². The van der Waals surface area contributed by atoms with Gasteiger partial charge in [-0.1, -0.05) is 78.6 Å². The van der Waals surface area contributed by atoms with Crippen molar-refractivity contribution in [3.05, 3.63) is 64.5 Å². The van der Waals surface area contributed by atoms with Crippen LogP contribution in [0.2, 0.25) is 0 Å². The molecule has 1 heterocycles. The molecule has 0 fully saturated rings. The molecule has 0 saturated carbocycles. The Bertz CT molecular complexity index is 1060. The second kappa shape index (κ2) is 8.61. The highest BCUT2D eigenvalue weighted by Gasteiger charge is 2.30. The van der Waals surface area contributed by atoms with Crippen molar-refractivity contribution in [2.24, 2.45) is 0 Å². The lowest BCUT2D eigenvalue weighted by Crippen LogP contribution is -2.23. The lowest BCUT2D eigenvalue weighted by atomic mass is 9.85.